The van der Waals surface area contributed by atoms with Gasteiger partial charge in [0.05, 0.1) is 15.7 Å². The maximum Gasteiger partial charge on any atom is 0.264 e. The first-order valence-electron chi connectivity index (χ1n) is 7.68. The van der Waals surface area contributed by atoms with Crippen molar-refractivity contribution in [2.45, 2.75) is 23.5 Å². The number of hydrogen-bond acceptors (Lipinski definition) is 3. The van der Waals surface area contributed by atoms with Crippen LogP contribution in [0.2, 0.25) is 10.0 Å². The summed E-state index contributed by atoms with van der Waals surface area (Å²) >= 11 is 13.7. The summed E-state index contributed by atoms with van der Waals surface area (Å²) in [4.78, 5) is 15.6. The number of halogens is 2. The summed E-state index contributed by atoms with van der Waals surface area (Å²) in [6, 6.07) is 13.0. The summed E-state index contributed by atoms with van der Waals surface area (Å²) in [6.07, 6.45) is 0.942. The molecule has 6 heteroatoms. The van der Waals surface area contributed by atoms with Crippen LogP contribution in [0.4, 0.5) is 5.69 Å². The molecule has 0 saturated carbocycles. The van der Waals surface area contributed by atoms with Crippen LogP contribution in [0, 0.1) is 0 Å². The highest BCUT2D eigenvalue weighted by Crippen LogP contribution is 2.37. The highest BCUT2D eigenvalue weighted by atomic mass is 35.5. The van der Waals surface area contributed by atoms with Crippen molar-refractivity contribution in [1.82, 2.24) is 0 Å². The molecule has 0 spiro atoms. The minimum Gasteiger partial charge on any atom is -0.484 e. The predicted molar refractivity (Wildman–Crippen MR) is 101 cm³/mol. The fraction of sp³-hybridized carbons (Fsp3) is 0.278. The number of carbonyl (C=O) groups is 1. The van der Waals surface area contributed by atoms with E-state index in [4.69, 9.17) is 27.9 Å². The van der Waals surface area contributed by atoms with E-state index in [0.29, 0.717) is 27.6 Å². The maximum absolute atomic E-state index is 12.7. The standard InChI is InChI=1S/C18H17Cl2NO2S/c1-12-8-9-21(16-4-2-3-5-17(16)24-12)18(22)11-23-13-6-7-14(19)15(20)10-13/h2-7,10,12H,8-9,11H2,1H3/t12-/m0/s1. The molecule has 1 aliphatic heterocycles. The Morgan fingerprint density at radius 1 is 1.25 bits per heavy atom. The van der Waals surface area contributed by atoms with Gasteiger partial charge >= 0.3 is 0 Å². The first kappa shape index (κ1) is 17.5. The molecule has 3 rings (SSSR count). The van der Waals surface area contributed by atoms with Crippen LogP contribution >= 0.6 is 35.0 Å². The molecule has 0 unspecified atom stereocenters. The molecule has 3 nitrogen and oxygen atoms in total. The maximum atomic E-state index is 12.7. The van der Waals surface area contributed by atoms with Crippen LogP contribution in [0.1, 0.15) is 13.3 Å². The monoisotopic (exact) mass is 381 g/mol. The Kier molecular flexibility index (Phi) is 5.59. The fourth-order valence-electron chi connectivity index (χ4n) is 2.54. The minimum atomic E-state index is -0.0665. The van der Waals surface area contributed by atoms with Gasteiger partial charge in [-0.25, -0.2) is 0 Å². The van der Waals surface area contributed by atoms with E-state index in [1.165, 1.54) is 0 Å². The number of hydrogen-bond donors (Lipinski definition) is 0. The first-order valence-corrected chi connectivity index (χ1v) is 9.32. The van der Waals surface area contributed by atoms with Crippen LogP contribution in [0.5, 0.6) is 5.75 Å². The molecule has 0 fully saturated rings. The number of amides is 1. The topological polar surface area (TPSA) is 29.5 Å². The fourth-order valence-corrected chi connectivity index (χ4v) is 3.94. The highest BCUT2D eigenvalue weighted by molar-refractivity contribution is 8.00. The first-order chi connectivity index (χ1) is 11.5. The Hall–Kier alpha value is -1.36. The number of anilines is 1. The van der Waals surface area contributed by atoms with E-state index in [0.717, 1.165) is 17.0 Å². The van der Waals surface area contributed by atoms with Gasteiger partial charge in [-0.05, 0) is 30.7 Å². The molecular formula is C18H17Cl2NO2S. The Morgan fingerprint density at radius 2 is 2.04 bits per heavy atom. The summed E-state index contributed by atoms with van der Waals surface area (Å²) < 4.78 is 5.60. The Morgan fingerprint density at radius 3 is 2.83 bits per heavy atom. The lowest BCUT2D eigenvalue weighted by Crippen LogP contribution is -2.36. The summed E-state index contributed by atoms with van der Waals surface area (Å²) in [6.45, 7) is 2.84. The third kappa shape index (κ3) is 4.00. The van der Waals surface area contributed by atoms with Crippen molar-refractivity contribution in [3.8, 4) is 5.75 Å². The van der Waals surface area contributed by atoms with Crippen LogP contribution in [0.3, 0.4) is 0 Å². The number of carbonyl (C=O) groups excluding carboxylic acids is 1. The number of benzene rings is 2. The average Bonchev–Trinajstić information content (AvgIpc) is 2.74. The molecule has 0 N–H and O–H groups in total. The average molecular weight is 382 g/mol. The molecule has 24 heavy (non-hydrogen) atoms. The van der Waals surface area contributed by atoms with Crippen molar-refractivity contribution in [2.75, 3.05) is 18.1 Å². The quantitative estimate of drug-likeness (QED) is 0.723. The van der Waals surface area contributed by atoms with Crippen LogP contribution in [-0.4, -0.2) is 24.3 Å². The predicted octanol–water partition coefficient (Wildman–Crippen LogP) is 5.29. The molecular weight excluding hydrogens is 365 g/mol. The summed E-state index contributed by atoms with van der Waals surface area (Å²) in [5.74, 6) is 0.465. The molecule has 2 aromatic carbocycles. The van der Waals surface area contributed by atoms with Crippen LogP contribution < -0.4 is 9.64 Å². The second-order valence-corrected chi connectivity index (χ2v) is 7.89. The highest BCUT2D eigenvalue weighted by Gasteiger charge is 2.24. The van der Waals surface area contributed by atoms with Crippen molar-refractivity contribution in [2.24, 2.45) is 0 Å². The van der Waals surface area contributed by atoms with Crippen LogP contribution in [0.25, 0.3) is 0 Å². The van der Waals surface area contributed by atoms with Gasteiger partial charge in [-0.1, -0.05) is 42.3 Å². The molecule has 0 aromatic heterocycles. The van der Waals surface area contributed by atoms with Gasteiger partial charge in [0.15, 0.2) is 6.61 Å². The molecule has 1 atom stereocenters. The van der Waals surface area contributed by atoms with Crippen molar-refractivity contribution in [3.05, 3.63) is 52.5 Å². The smallest absolute Gasteiger partial charge is 0.264 e. The molecule has 0 saturated heterocycles. The second-order valence-electron chi connectivity index (χ2n) is 5.59. The number of nitrogens with zero attached hydrogens (tertiary/aromatic N) is 1. The Labute approximate surface area is 155 Å². The largest absolute Gasteiger partial charge is 0.484 e. The summed E-state index contributed by atoms with van der Waals surface area (Å²) in [5.41, 5.74) is 0.953. The summed E-state index contributed by atoms with van der Waals surface area (Å²) in [5, 5.41) is 1.34. The van der Waals surface area contributed by atoms with E-state index in [-0.39, 0.29) is 12.5 Å². The van der Waals surface area contributed by atoms with Crippen molar-refractivity contribution < 1.29 is 9.53 Å². The molecule has 0 aliphatic carbocycles. The van der Waals surface area contributed by atoms with Crippen molar-refractivity contribution in [3.63, 3.8) is 0 Å². The molecule has 0 bridgehead atoms. The molecule has 1 amide bonds. The van der Waals surface area contributed by atoms with Crippen LogP contribution in [-0.2, 0) is 4.79 Å². The third-order valence-electron chi connectivity index (χ3n) is 3.80. The number of fused-ring (bicyclic) bond motifs is 1. The van der Waals surface area contributed by atoms with Gasteiger partial charge in [0, 0.05) is 22.8 Å². The van der Waals surface area contributed by atoms with E-state index in [1.54, 1.807) is 30.0 Å². The molecule has 2 aromatic rings. The SMILES string of the molecule is C[C@H]1CCN(C(=O)COc2ccc(Cl)c(Cl)c2)c2ccccc2S1. The Balaban J connectivity index is 1.73. The molecule has 1 heterocycles. The van der Waals surface area contributed by atoms with Gasteiger partial charge in [0.2, 0.25) is 0 Å². The van der Waals surface area contributed by atoms with Gasteiger partial charge in [0.1, 0.15) is 5.75 Å². The number of rotatable bonds is 3. The second kappa shape index (κ2) is 7.68. The van der Waals surface area contributed by atoms with Gasteiger partial charge in [-0.15, -0.1) is 11.8 Å². The van der Waals surface area contributed by atoms with Gasteiger partial charge < -0.3 is 9.64 Å². The normalized spacial score (nSPS) is 17.1. The molecule has 0 radical (unpaired) electrons. The van der Waals surface area contributed by atoms with Gasteiger partial charge in [-0.3, -0.25) is 4.79 Å². The summed E-state index contributed by atoms with van der Waals surface area (Å²) in [7, 11) is 0. The van der Waals surface area contributed by atoms with Gasteiger partial charge in [0.25, 0.3) is 5.91 Å². The van der Waals surface area contributed by atoms with Crippen molar-refractivity contribution >= 4 is 46.6 Å². The number of ether oxygens (including phenoxy) is 1. The van der Waals surface area contributed by atoms with E-state index in [9.17, 15) is 4.79 Å². The zero-order chi connectivity index (χ0) is 17.1. The third-order valence-corrected chi connectivity index (χ3v) is 5.77. The molecule has 1 aliphatic rings. The van der Waals surface area contributed by atoms with E-state index in [1.807, 2.05) is 23.1 Å². The lowest BCUT2D eigenvalue weighted by Gasteiger charge is -2.22. The lowest BCUT2D eigenvalue weighted by molar-refractivity contribution is -0.120. The lowest BCUT2D eigenvalue weighted by atomic mass is 10.2. The number of para-hydroxylation sites is 1. The zero-order valence-electron chi connectivity index (χ0n) is 13.2. The number of thioether (sulfide) groups is 1. The zero-order valence-corrected chi connectivity index (χ0v) is 15.5. The minimum absolute atomic E-state index is 0.0364. The van der Waals surface area contributed by atoms with E-state index in [2.05, 4.69) is 13.0 Å². The van der Waals surface area contributed by atoms with E-state index >= 15 is 0 Å². The van der Waals surface area contributed by atoms with Crippen molar-refractivity contribution in [1.29, 1.82) is 0 Å². The molecule has 126 valence electrons. The van der Waals surface area contributed by atoms with Gasteiger partial charge in [-0.2, -0.15) is 0 Å². The Bertz CT molecular complexity index is 754. The van der Waals surface area contributed by atoms with Crippen LogP contribution in [0.15, 0.2) is 47.4 Å². The van der Waals surface area contributed by atoms with E-state index < -0.39 is 0 Å².